The van der Waals surface area contributed by atoms with Gasteiger partial charge >= 0.3 is 11.9 Å². The van der Waals surface area contributed by atoms with Gasteiger partial charge in [0.1, 0.15) is 12.2 Å². The van der Waals surface area contributed by atoms with Crippen LogP contribution in [0.4, 0.5) is 4.39 Å². The molecule has 0 amide bonds. The van der Waals surface area contributed by atoms with E-state index in [9.17, 15) is 14.0 Å². The van der Waals surface area contributed by atoms with Gasteiger partial charge in [-0.2, -0.15) is 16.2 Å². The molecule has 0 radical (unpaired) electrons. The Balaban J connectivity index is 1.60. The van der Waals surface area contributed by atoms with E-state index >= 15 is 0 Å². The lowest BCUT2D eigenvalue weighted by atomic mass is 9.93. The SMILES string of the molecule is CS[C@H]1C(c2ccc(C)c(Cc3ccc(-c4ccc(F)nc4)s3)c2)O[C@H](OC(C)=O)C[C@@H]1OC(C)=O. The summed E-state index contributed by atoms with van der Waals surface area (Å²) in [4.78, 5) is 29.3. The highest BCUT2D eigenvalue weighted by atomic mass is 32.2. The number of carbonyl (C=O) groups excluding carboxylic acids is 2. The average molecular weight is 530 g/mol. The van der Waals surface area contributed by atoms with Gasteiger partial charge in [-0.05, 0) is 54.1 Å². The van der Waals surface area contributed by atoms with Gasteiger partial charge in [0.2, 0.25) is 12.2 Å². The first kappa shape index (κ1) is 26.3. The van der Waals surface area contributed by atoms with Crippen molar-refractivity contribution in [2.45, 2.75) is 57.4 Å². The minimum absolute atomic E-state index is 0.157. The molecule has 0 bridgehead atoms. The third kappa shape index (κ3) is 6.32. The number of esters is 2. The molecule has 36 heavy (non-hydrogen) atoms. The van der Waals surface area contributed by atoms with E-state index in [1.54, 1.807) is 35.4 Å². The van der Waals surface area contributed by atoms with E-state index in [1.165, 1.54) is 19.9 Å². The standard InChI is InChI=1S/C27H28FNO5S2/c1-15-5-6-18(26-27(35-4)22(32-16(2)30)13-25(34-26)33-17(3)31)11-20(15)12-21-8-9-23(36-21)19-7-10-24(28)29-14-19/h5-11,14,22,25-27H,12-13H2,1-4H3/t22-,25-,26?,27+/m0/s1. The summed E-state index contributed by atoms with van der Waals surface area (Å²) >= 11 is 3.21. The van der Waals surface area contributed by atoms with E-state index < -0.39 is 30.4 Å². The van der Waals surface area contributed by atoms with E-state index in [-0.39, 0.29) is 17.6 Å². The highest BCUT2D eigenvalue weighted by Crippen LogP contribution is 2.41. The van der Waals surface area contributed by atoms with E-state index in [0.717, 1.165) is 38.4 Å². The second-order valence-electron chi connectivity index (χ2n) is 8.68. The molecule has 1 aromatic carbocycles. The van der Waals surface area contributed by atoms with Crippen LogP contribution >= 0.6 is 23.1 Å². The van der Waals surface area contributed by atoms with Crippen LogP contribution in [0.15, 0.2) is 48.7 Å². The Hall–Kier alpha value is -2.75. The summed E-state index contributed by atoms with van der Waals surface area (Å²) in [7, 11) is 0. The molecule has 6 nitrogen and oxygen atoms in total. The highest BCUT2D eigenvalue weighted by molar-refractivity contribution is 7.99. The molecule has 1 fully saturated rings. The Morgan fingerprint density at radius 2 is 1.92 bits per heavy atom. The van der Waals surface area contributed by atoms with Crippen molar-refractivity contribution >= 4 is 35.0 Å². The van der Waals surface area contributed by atoms with Crippen molar-refractivity contribution < 1.29 is 28.2 Å². The van der Waals surface area contributed by atoms with Crippen molar-refractivity contribution in [3.8, 4) is 10.4 Å². The Morgan fingerprint density at radius 1 is 1.14 bits per heavy atom. The van der Waals surface area contributed by atoms with Gasteiger partial charge in [0.25, 0.3) is 0 Å². The smallest absolute Gasteiger partial charge is 0.304 e. The van der Waals surface area contributed by atoms with Gasteiger partial charge in [0.05, 0.1) is 5.25 Å². The molecule has 190 valence electrons. The summed E-state index contributed by atoms with van der Waals surface area (Å²) in [6.07, 6.45) is 2.83. The summed E-state index contributed by atoms with van der Waals surface area (Å²) in [5.41, 5.74) is 4.09. The molecular weight excluding hydrogens is 501 g/mol. The molecule has 9 heteroatoms. The fraction of sp³-hybridized carbons (Fsp3) is 0.370. The van der Waals surface area contributed by atoms with Gasteiger partial charge in [-0.15, -0.1) is 11.3 Å². The maximum Gasteiger partial charge on any atom is 0.304 e. The van der Waals surface area contributed by atoms with Gasteiger partial charge in [-0.1, -0.05) is 18.2 Å². The van der Waals surface area contributed by atoms with Crippen LogP contribution in [0.1, 0.15) is 47.9 Å². The number of nitrogens with zero attached hydrogens (tertiary/aromatic N) is 1. The molecule has 1 aliphatic heterocycles. The molecule has 2 aromatic heterocycles. The number of halogens is 1. The number of rotatable bonds is 7. The molecule has 4 atom stereocenters. The van der Waals surface area contributed by atoms with Gasteiger partial charge in [0, 0.05) is 48.2 Å². The molecule has 3 aromatic rings. The minimum atomic E-state index is -0.797. The van der Waals surface area contributed by atoms with Gasteiger partial charge in [-0.3, -0.25) is 9.59 Å². The molecule has 4 rings (SSSR count). The number of carbonyl (C=O) groups is 2. The lowest BCUT2D eigenvalue weighted by molar-refractivity contribution is -0.218. The molecule has 0 aliphatic carbocycles. The number of hydrogen-bond acceptors (Lipinski definition) is 8. The van der Waals surface area contributed by atoms with Gasteiger partial charge in [-0.25, -0.2) is 4.98 Å². The van der Waals surface area contributed by atoms with E-state index in [4.69, 9.17) is 14.2 Å². The summed E-state index contributed by atoms with van der Waals surface area (Å²) < 4.78 is 30.4. The van der Waals surface area contributed by atoms with E-state index in [0.29, 0.717) is 0 Å². The molecule has 0 saturated carbocycles. The summed E-state index contributed by atoms with van der Waals surface area (Å²) in [5, 5.41) is -0.157. The van der Waals surface area contributed by atoms with Crippen molar-refractivity contribution in [2.24, 2.45) is 0 Å². The lowest BCUT2D eigenvalue weighted by Crippen LogP contribution is -2.45. The molecule has 0 N–H and O–H groups in total. The predicted octanol–water partition coefficient (Wildman–Crippen LogP) is 5.86. The maximum absolute atomic E-state index is 13.2. The second-order valence-corrected chi connectivity index (χ2v) is 10.9. The summed E-state index contributed by atoms with van der Waals surface area (Å²) in [5.74, 6) is -1.32. The van der Waals surface area contributed by atoms with Crippen LogP contribution in [0.5, 0.6) is 0 Å². The zero-order valence-corrected chi connectivity index (χ0v) is 22.2. The largest absolute Gasteiger partial charge is 0.461 e. The first-order valence-electron chi connectivity index (χ1n) is 11.6. The van der Waals surface area contributed by atoms with Gasteiger partial charge < -0.3 is 14.2 Å². The highest BCUT2D eigenvalue weighted by Gasteiger charge is 2.42. The Labute approximate surface area is 218 Å². The number of thiophene rings is 1. The third-order valence-electron chi connectivity index (χ3n) is 6.01. The first-order valence-corrected chi connectivity index (χ1v) is 13.7. The van der Waals surface area contributed by atoms with Crippen molar-refractivity contribution in [2.75, 3.05) is 6.26 Å². The molecular formula is C27H28FNO5S2. The van der Waals surface area contributed by atoms with Crippen LogP contribution in [0.25, 0.3) is 10.4 Å². The van der Waals surface area contributed by atoms with Crippen LogP contribution in [-0.4, -0.2) is 40.8 Å². The Bertz CT molecular complexity index is 1230. The van der Waals surface area contributed by atoms with Crippen molar-refractivity contribution in [3.63, 3.8) is 0 Å². The van der Waals surface area contributed by atoms with Crippen molar-refractivity contribution in [3.05, 3.63) is 76.2 Å². The zero-order valence-electron chi connectivity index (χ0n) is 20.5. The lowest BCUT2D eigenvalue weighted by Gasteiger charge is -2.40. The number of pyridine rings is 1. The quantitative estimate of drug-likeness (QED) is 0.280. The fourth-order valence-corrected chi connectivity index (χ4v) is 6.30. The first-order chi connectivity index (χ1) is 17.2. The molecule has 3 heterocycles. The molecule has 1 aliphatic rings. The second kappa shape index (κ2) is 11.5. The normalized spacial score (nSPS) is 21.7. The van der Waals surface area contributed by atoms with E-state index in [2.05, 4.69) is 30.1 Å². The molecule has 1 unspecified atom stereocenters. The number of benzene rings is 1. The van der Waals surface area contributed by atoms with Gasteiger partial charge in [0.15, 0.2) is 0 Å². The number of aryl methyl sites for hydroxylation is 1. The zero-order chi connectivity index (χ0) is 25.8. The van der Waals surface area contributed by atoms with Crippen LogP contribution in [0, 0.1) is 12.9 Å². The molecule has 1 saturated heterocycles. The minimum Gasteiger partial charge on any atom is -0.461 e. The van der Waals surface area contributed by atoms with Crippen LogP contribution < -0.4 is 0 Å². The Kier molecular flexibility index (Phi) is 8.43. The maximum atomic E-state index is 13.2. The van der Waals surface area contributed by atoms with Crippen molar-refractivity contribution in [1.29, 1.82) is 0 Å². The van der Waals surface area contributed by atoms with Crippen LogP contribution in [0.3, 0.4) is 0 Å². The number of hydrogen-bond donors (Lipinski definition) is 0. The number of aromatic nitrogens is 1. The summed E-state index contributed by atoms with van der Waals surface area (Å²) in [6.45, 7) is 4.78. The van der Waals surface area contributed by atoms with E-state index in [1.807, 2.05) is 18.4 Å². The monoisotopic (exact) mass is 529 g/mol. The average Bonchev–Trinajstić information content (AvgIpc) is 3.28. The predicted molar refractivity (Wildman–Crippen MR) is 138 cm³/mol. The molecule has 0 spiro atoms. The fourth-order valence-electron chi connectivity index (χ4n) is 4.34. The van der Waals surface area contributed by atoms with Crippen molar-refractivity contribution in [1.82, 2.24) is 4.98 Å². The summed E-state index contributed by atoms with van der Waals surface area (Å²) in [6, 6.07) is 13.4. The Morgan fingerprint density at radius 3 is 2.58 bits per heavy atom. The van der Waals surface area contributed by atoms with Crippen LogP contribution in [0.2, 0.25) is 0 Å². The number of ether oxygens (including phenoxy) is 3. The number of thioether (sulfide) groups is 1. The topological polar surface area (TPSA) is 74.7 Å². The van der Waals surface area contributed by atoms with Crippen LogP contribution in [-0.2, 0) is 30.2 Å². The third-order valence-corrected chi connectivity index (χ3v) is 8.24.